The maximum atomic E-state index is 12.6. The van der Waals surface area contributed by atoms with Crippen molar-refractivity contribution in [3.05, 3.63) is 77.4 Å². The van der Waals surface area contributed by atoms with Crippen molar-refractivity contribution in [2.24, 2.45) is 0 Å². The number of fused-ring (bicyclic) bond motifs is 1. The summed E-state index contributed by atoms with van der Waals surface area (Å²) in [4.78, 5) is 12.1. The van der Waals surface area contributed by atoms with E-state index in [-0.39, 0.29) is 6.54 Å². The van der Waals surface area contributed by atoms with Crippen LogP contribution >= 0.6 is 0 Å². The van der Waals surface area contributed by atoms with E-state index in [0.717, 1.165) is 28.5 Å². The van der Waals surface area contributed by atoms with E-state index in [4.69, 9.17) is 4.74 Å². The third kappa shape index (κ3) is 3.96. The highest BCUT2D eigenvalue weighted by Crippen LogP contribution is 2.30. The second-order valence-electron chi connectivity index (χ2n) is 5.87. The van der Waals surface area contributed by atoms with Crippen molar-refractivity contribution in [2.75, 3.05) is 0 Å². The minimum atomic E-state index is -4.38. The molecule has 3 aromatic carbocycles. The fraction of sp³-hybridized carbons (Fsp3) is 0.150. The summed E-state index contributed by atoms with van der Waals surface area (Å²) in [5.41, 5.74) is 0.633. The second-order valence-corrected chi connectivity index (χ2v) is 5.87. The molecule has 0 aliphatic carbocycles. The first-order chi connectivity index (χ1) is 12.3. The Morgan fingerprint density at radius 3 is 2.38 bits per heavy atom. The lowest BCUT2D eigenvalue weighted by molar-refractivity contribution is -0.137. The van der Waals surface area contributed by atoms with Crippen LogP contribution in [0, 0.1) is 6.92 Å². The van der Waals surface area contributed by atoms with Crippen LogP contribution in [0.4, 0.5) is 18.0 Å². The van der Waals surface area contributed by atoms with E-state index >= 15 is 0 Å². The topological polar surface area (TPSA) is 38.3 Å². The minimum Gasteiger partial charge on any atom is -0.409 e. The number of alkyl halides is 3. The van der Waals surface area contributed by atoms with Crippen LogP contribution in [-0.4, -0.2) is 6.09 Å². The quantitative estimate of drug-likeness (QED) is 0.675. The van der Waals surface area contributed by atoms with Gasteiger partial charge in [0.25, 0.3) is 0 Å². The Labute approximate surface area is 148 Å². The third-order valence-corrected chi connectivity index (χ3v) is 3.99. The molecule has 0 heterocycles. The van der Waals surface area contributed by atoms with Gasteiger partial charge in [-0.25, -0.2) is 4.79 Å². The van der Waals surface area contributed by atoms with Gasteiger partial charge in [-0.05, 0) is 35.6 Å². The first-order valence-corrected chi connectivity index (χ1v) is 7.95. The number of halogens is 3. The molecule has 0 aromatic heterocycles. The summed E-state index contributed by atoms with van der Waals surface area (Å²) in [7, 11) is 0. The van der Waals surface area contributed by atoms with Crippen LogP contribution in [-0.2, 0) is 12.7 Å². The number of carbonyl (C=O) groups excluding carboxylic acids is 1. The summed E-state index contributed by atoms with van der Waals surface area (Å²) in [5, 5.41) is 4.32. The highest BCUT2D eigenvalue weighted by Gasteiger charge is 2.29. The predicted molar refractivity (Wildman–Crippen MR) is 93.0 cm³/mol. The Morgan fingerprint density at radius 2 is 1.69 bits per heavy atom. The molecule has 1 N–H and O–H groups in total. The molecule has 3 nitrogen and oxygen atoms in total. The fourth-order valence-corrected chi connectivity index (χ4v) is 2.60. The van der Waals surface area contributed by atoms with Crippen molar-refractivity contribution in [1.82, 2.24) is 5.32 Å². The van der Waals surface area contributed by atoms with Crippen LogP contribution < -0.4 is 10.1 Å². The molecule has 0 unspecified atom stereocenters. The minimum absolute atomic E-state index is 0.0702. The summed E-state index contributed by atoms with van der Waals surface area (Å²) in [5.74, 6) is 0.466. The number of ether oxygens (including phenoxy) is 1. The molecular formula is C20H16F3NO2. The molecule has 134 valence electrons. The van der Waals surface area contributed by atoms with Gasteiger partial charge in [-0.3, -0.25) is 0 Å². The Bertz CT molecular complexity index is 934. The van der Waals surface area contributed by atoms with E-state index in [1.165, 1.54) is 12.1 Å². The molecule has 0 aliphatic rings. The zero-order chi connectivity index (χ0) is 18.7. The molecule has 3 aromatic rings. The number of rotatable bonds is 3. The average Bonchev–Trinajstić information content (AvgIpc) is 2.62. The lowest BCUT2D eigenvalue weighted by Gasteiger charge is -2.12. The van der Waals surface area contributed by atoms with Crippen LogP contribution in [0.5, 0.6) is 5.75 Å². The monoisotopic (exact) mass is 359 g/mol. The molecule has 0 atom stereocenters. The van der Waals surface area contributed by atoms with E-state index in [1.807, 2.05) is 43.3 Å². The van der Waals surface area contributed by atoms with Gasteiger partial charge in [-0.1, -0.05) is 48.5 Å². The molecule has 1 amide bonds. The zero-order valence-corrected chi connectivity index (χ0v) is 13.9. The van der Waals surface area contributed by atoms with Crippen LogP contribution in [0.3, 0.4) is 0 Å². The molecule has 3 rings (SSSR count). The van der Waals surface area contributed by atoms with Gasteiger partial charge >= 0.3 is 12.3 Å². The Morgan fingerprint density at radius 1 is 1.00 bits per heavy atom. The predicted octanol–water partition coefficient (Wildman–Crippen LogP) is 5.46. The summed E-state index contributed by atoms with van der Waals surface area (Å²) < 4.78 is 43.1. The zero-order valence-electron chi connectivity index (χ0n) is 13.9. The molecule has 0 radical (unpaired) electrons. The van der Waals surface area contributed by atoms with Crippen LogP contribution in [0.2, 0.25) is 0 Å². The van der Waals surface area contributed by atoms with Crippen LogP contribution in [0.25, 0.3) is 10.8 Å². The normalized spacial score (nSPS) is 11.4. The number of carbonyl (C=O) groups is 1. The van der Waals surface area contributed by atoms with E-state index in [2.05, 4.69) is 5.32 Å². The van der Waals surface area contributed by atoms with Gasteiger partial charge < -0.3 is 10.1 Å². The van der Waals surface area contributed by atoms with Gasteiger partial charge in [0.15, 0.2) is 0 Å². The average molecular weight is 359 g/mol. The van der Waals surface area contributed by atoms with Gasteiger partial charge in [-0.15, -0.1) is 0 Å². The molecule has 26 heavy (non-hydrogen) atoms. The van der Waals surface area contributed by atoms with Crippen LogP contribution in [0.1, 0.15) is 16.7 Å². The van der Waals surface area contributed by atoms with E-state index in [9.17, 15) is 18.0 Å². The van der Waals surface area contributed by atoms with Gasteiger partial charge in [0, 0.05) is 11.9 Å². The number of nitrogens with one attached hydrogen (secondary N) is 1. The number of benzene rings is 3. The number of aryl methyl sites for hydroxylation is 1. The SMILES string of the molecule is Cc1ccc2ccccc2c1OC(=O)NCc1ccc(C(F)(F)F)cc1. The molecule has 0 aliphatic heterocycles. The van der Waals surface area contributed by atoms with Gasteiger partial charge in [0.05, 0.1) is 5.56 Å². The largest absolute Gasteiger partial charge is 0.416 e. The van der Waals surface area contributed by atoms with Crippen molar-refractivity contribution in [1.29, 1.82) is 0 Å². The Balaban J connectivity index is 1.68. The van der Waals surface area contributed by atoms with E-state index < -0.39 is 17.8 Å². The van der Waals surface area contributed by atoms with Crippen molar-refractivity contribution in [2.45, 2.75) is 19.6 Å². The number of amides is 1. The van der Waals surface area contributed by atoms with Crippen molar-refractivity contribution in [3.63, 3.8) is 0 Å². The maximum Gasteiger partial charge on any atom is 0.416 e. The number of hydrogen-bond acceptors (Lipinski definition) is 2. The van der Waals surface area contributed by atoms with E-state index in [1.54, 1.807) is 0 Å². The highest BCUT2D eigenvalue weighted by atomic mass is 19.4. The highest BCUT2D eigenvalue weighted by molar-refractivity contribution is 5.91. The van der Waals surface area contributed by atoms with Gasteiger partial charge in [-0.2, -0.15) is 13.2 Å². The number of hydrogen-bond donors (Lipinski definition) is 1. The first kappa shape index (κ1) is 17.8. The van der Waals surface area contributed by atoms with E-state index in [0.29, 0.717) is 11.3 Å². The molecule has 0 saturated carbocycles. The third-order valence-electron chi connectivity index (χ3n) is 3.99. The fourth-order valence-electron chi connectivity index (χ4n) is 2.60. The molecule has 6 heteroatoms. The van der Waals surface area contributed by atoms with Crippen LogP contribution in [0.15, 0.2) is 60.7 Å². The second kappa shape index (κ2) is 7.07. The lowest BCUT2D eigenvalue weighted by atomic mass is 10.1. The standard InChI is InChI=1S/C20H16F3NO2/c1-13-6-9-15-4-2-3-5-17(15)18(13)26-19(25)24-12-14-7-10-16(11-8-14)20(21,22)23/h2-11H,12H2,1H3,(H,24,25). The van der Waals surface area contributed by atoms with Crippen molar-refractivity contribution in [3.8, 4) is 5.75 Å². The molecule has 0 saturated heterocycles. The molecule has 0 spiro atoms. The molecule has 0 fully saturated rings. The lowest BCUT2D eigenvalue weighted by Crippen LogP contribution is -2.26. The first-order valence-electron chi connectivity index (χ1n) is 7.95. The summed E-state index contributed by atoms with van der Waals surface area (Å²) in [6.45, 7) is 1.91. The van der Waals surface area contributed by atoms with Gasteiger partial charge in [0.2, 0.25) is 0 Å². The van der Waals surface area contributed by atoms with Gasteiger partial charge in [0.1, 0.15) is 5.75 Å². The van der Waals surface area contributed by atoms with Crippen molar-refractivity contribution >= 4 is 16.9 Å². The maximum absolute atomic E-state index is 12.6. The summed E-state index contributed by atoms with van der Waals surface area (Å²) in [6.07, 6.45) is -5.04. The summed E-state index contributed by atoms with van der Waals surface area (Å²) >= 11 is 0. The molecule has 0 bridgehead atoms. The summed E-state index contributed by atoms with van der Waals surface area (Å²) in [6, 6.07) is 16.0. The smallest absolute Gasteiger partial charge is 0.409 e. The van der Waals surface area contributed by atoms with Crippen molar-refractivity contribution < 1.29 is 22.7 Å². The Hall–Kier alpha value is -3.02. The Kier molecular flexibility index (Phi) is 4.84. The molecular weight excluding hydrogens is 343 g/mol.